The first-order chi connectivity index (χ1) is 12.0. The highest BCUT2D eigenvalue weighted by atomic mass is 127. The first-order valence-corrected chi connectivity index (χ1v) is 8.73. The van der Waals surface area contributed by atoms with Gasteiger partial charge in [-0.05, 0) is 35.4 Å². The molecule has 1 aromatic heterocycles. The summed E-state index contributed by atoms with van der Waals surface area (Å²) in [5, 5.41) is 10.2. The average Bonchev–Trinajstić information content (AvgIpc) is 3.09. The molecule has 4 nitrogen and oxygen atoms in total. The van der Waals surface area contributed by atoms with Crippen molar-refractivity contribution >= 4 is 41.3 Å². The van der Waals surface area contributed by atoms with Crippen LogP contribution < -0.4 is 15.4 Å². The van der Waals surface area contributed by atoms with E-state index >= 15 is 0 Å². The maximum atomic E-state index is 12.4. The van der Waals surface area contributed by atoms with Crippen LogP contribution in [0.25, 0.3) is 0 Å². The summed E-state index contributed by atoms with van der Waals surface area (Å²) in [7, 11) is 0. The van der Waals surface area contributed by atoms with Crippen molar-refractivity contribution in [3.63, 3.8) is 0 Å². The largest absolute Gasteiger partial charge is 0.484 e. The van der Waals surface area contributed by atoms with Crippen LogP contribution in [0.5, 0.6) is 5.75 Å². The molecule has 0 saturated carbocycles. The molecular weight excluding hydrogens is 478 g/mol. The lowest BCUT2D eigenvalue weighted by Crippen LogP contribution is -2.36. The van der Waals surface area contributed by atoms with Crippen molar-refractivity contribution < 1.29 is 17.9 Å². The second kappa shape index (κ2) is 11.3. The first-order valence-electron chi connectivity index (χ1n) is 7.78. The number of hydrogen-bond donors (Lipinski definition) is 2. The Hall–Kier alpha value is -1.49. The number of guanidine groups is 1. The lowest BCUT2D eigenvalue weighted by atomic mass is 10.2. The second-order valence-electron chi connectivity index (χ2n) is 5.19. The van der Waals surface area contributed by atoms with Crippen LogP contribution in [0.1, 0.15) is 18.1 Å². The number of thiophene rings is 1. The number of alkyl halides is 3. The van der Waals surface area contributed by atoms with E-state index in [-0.39, 0.29) is 29.7 Å². The third-order valence-corrected chi connectivity index (χ3v) is 3.89. The predicted molar refractivity (Wildman–Crippen MR) is 109 cm³/mol. The maximum absolute atomic E-state index is 12.4. The van der Waals surface area contributed by atoms with Crippen LogP contribution in [0, 0.1) is 0 Å². The highest BCUT2D eigenvalue weighted by Crippen LogP contribution is 2.22. The van der Waals surface area contributed by atoms with Gasteiger partial charge >= 0.3 is 6.18 Å². The Morgan fingerprint density at radius 2 is 1.96 bits per heavy atom. The molecule has 2 N–H and O–H groups in total. The van der Waals surface area contributed by atoms with Gasteiger partial charge in [-0.1, -0.05) is 18.2 Å². The first kappa shape index (κ1) is 22.6. The predicted octanol–water partition coefficient (Wildman–Crippen LogP) is 4.56. The van der Waals surface area contributed by atoms with Crippen LogP contribution in [-0.2, 0) is 13.1 Å². The quantitative estimate of drug-likeness (QED) is 0.334. The Bertz CT molecular complexity index is 678. The van der Waals surface area contributed by atoms with E-state index in [0.29, 0.717) is 31.2 Å². The minimum atomic E-state index is -4.36. The zero-order valence-electron chi connectivity index (χ0n) is 14.2. The van der Waals surface area contributed by atoms with Gasteiger partial charge in [0.05, 0.1) is 6.54 Å². The van der Waals surface area contributed by atoms with Crippen LogP contribution in [-0.4, -0.2) is 25.3 Å². The molecule has 26 heavy (non-hydrogen) atoms. The minimum Gasteiger partial charge on any atom is -0.484 e. The molecule has 0 bridgehead atoms. The molecule has 1 heterocycles. The molecule has 0 atom stereocenters. The van der Waals surface area contributed by atoms with Crippen molar-refractivity contribution in [2.45, 2.75) is 26.2 Å². The van der Waals surface area contributed by atoms with E-state index in [9.17, 15) is 13.2 Å². The van der Waals surface area contributed by atoms with Gasteiger partial charge < -0.3 is 15.4 Å². The molecule has 9 heteroatoms. The lowest BCUT2D eigenvalue weighted by molar-refractivity contribution is -0.153. The Morgan fingerprint density at radius 1 is 1.19 bits per heavy atom. The molecule has 1 aromatic carbocycles. The molecule has 0 radical (unpaired) electrons. The van der Waals surface area contributed by atoms with Crippen molar-refractivity contribution in [1.82, 2.24) is 10.6 Å². The summed E-state index contributed by atoms with van der Waals surface area (Å²) in [6.07, 6.45) is -4.36. The summed E-state index contributed by atoms with van der Waals surface area (Å²) < 4.78 is 41.9. The number of aliphatic imine (C=N–C) groups is 1. The Morgan fingerprint density at radius 3 is 2.62 bits per heavy atom. The summed E-state index contributed by atoms with van der Waals surface area (Å²) in [4.78, 5) is 4.47. The van der Waals surface area contributed by atoms with Gasteiger partial charge in [0.25, 0.3) is 0 Å². The molecule has 0 saturated heterocycles. The van der Waals surface area contributed by atoms with Gasteiger partial charge in [-0.3, -0.25) is 0 Å². The van der Waals surface area contributed by atoms with Crippen LogP contribution in [0.15, 0.2) is 46.1 Å². The number of nitrogens with one attached hydrogen (secondary N) is 2. The van der Waals surface area contributed by atoms with Gasteiger partial charge in [0.1, 0.15) is 5.75 Å². The molecular formula is C17H21F3IN3OS. The summed E-state index contributed by atoms with van der Waals surface area (Å²) in [6.45, 7) is 2.16. The monoisotopic (exact) mass is 499 g/mol. The molecule has 0 unspecified atom stereocenters. The van der Waals surface area contributed by atoms with E-state index < -0.39 is 12.8 Å². The molecule has 0 amide bonds. The molecule has 0 fully saturated rings. The number of rotatable bonds is 7. The van der Waals surface area contributed by atoms with Crippen molar-refractivity contribution in [3.8, 4) is 5.75 Å². The normalized spacial score (nSPS) is 11.6. The topological polar surface area (TPSA) is 45.7 Å². The molecule has 2 aromatic rings. The van der Waals surface area contributed by atoms with Crippen molar-refractivity contribution in [1.29, 1.82) is 0 Å². The van der Waals surface area contributed by atoms with Crippen LogP contribution in [0.4, 0.5) is 13.2 Å². The van der Waals surface area contributed by atoms with E-state index in [1.165, 1.54) is 6.07 Å². The zero-order chi connectivity index (χ0) is 18.1. The van der Waals surface area contributed by atoms with Crippen molar-refractivity contribution in [3.05, 3.63) is 52.2 Å². The van der Waals surface area contributed by atoms with Crippen molar-refractivity contribution in [2.24, 2.45) is 4.99 Å². The summed E-state index contributed by atoms with van der Waals surface area (Å²) >= 11 is 1.61. The van der Waals surface area contributed by atoms with Crippen LogP contribution >= 0.6 is 35.3 Å². The molecule has 0 aliphatic heterocycles. The third kappa shape index (κ3) is 8.26. The lowest BCUT2D eigenvalue weighted by Gasteiger charge is -2.15. The van der Waals surface area contributed by atoms with E-state index in [2.05, 4.69) is 15.6 Å². The fraction of sp³-hybridized carbons (Fsp3) is 0.353. The average molecular weight is 499 g/mol. The van der Waals surface area contributed by atoms with E-state index in [1.807, 2.05) is 23.8 Å². The standard InChI is InChI=1S/C17H20F3N3OS.HI/c1-2-21-16(22-9-13-7-8-25-11-13)23-10-14-5-3-4-6-15(14)24-12-17(18,19)20;/h3-8,11H,2,9-10,12H2,1H3,(H2,21,22,23);1H. The van der Waals surface area contributed by atoms with Gasteiger partial charge in [0, 0.05) is 18.7 Å². The molecule has 0 spiro atoms. The second-order valence-corrected chi connectivity index (χ2v) is 5.97. The van der Waals surface area contributed by atoms with Gasteiger partial charge in [-0.2, -0.15) is 24.5 Å². The fourth-order valence-electron chi connectivity index (χ4n) is 2.02. The Kier molecular flexibility index (Phi) is 9.78. The molecule has 144 valence electrons. The highest BCUT2D eigenvalue weighted by Gasteiger charge is 2.28. The molecule has 0 aliphatic carbocycles. The zero-order valence-corrected chi connectivity index (χ0v) is 17.3. The van der Waals surface area contributed by atoms with Gasteiger partial charge in [-0.15, -0.1) is 24.0 Å². The summed E-state index contributed by atoms with van der Waals surface area (Å²) in [5.41, 5.74) is 1.74. The number of nitrogens with zero attached hydrogens (tertiary/aromatic N) is 1. The SMILES string of the molecule is CCNC(=NCc1ccsc1)NCc1ccccc1OCC(F)(F)F.I. The minimum absolute atomic E-state index is 0. The number of hydrogen-bond acceptors (Lipinski definition) is 3. The Labute approximate surface area is 171 Å². The summed E-state index contributed by atoms with van der Waals surface area (Å²) in [6, 6.07) is 8.65. The third-order valence-electron chi connectivity index (χ3n) is 3.15. The van der Waals surface area contributed by atoms with Gasteiger partial charge in [0.15, 0.2) is 12.6 Å². The van der Waals surface area contributed by atoms with E-state index in [4.69, 9.17) is 4.74 Å². The van der Waals surface area contributed by atoms with Crippen LogP contribution in [0.3, 0.4) is 0 Å². The number of benzene rings is 1. The molecule has 0 aliphatic rings. The summed E-state index contributed by atoms with van der Waals surface area (Å²) in [5.74, 6) is 0.806. The number of ether oxygens (including phenoxy) is 1. The van der Waals surface area contributed by atoms with E-state index in [0.717, 1.165) is 5.56 Å². The van der Waals surface area contributed by atoms with E-state index in [1.54, 1.807) is 29.5 Å². The molecule has 2 rings (SSSR count). The highest BCUT2D eigenvalue weighted by molar-refractivity contribution is 14.0. The van der Waals surface area contributed by atoms with Crippen molar-refractivity contribution in [2.75, 3.05) is 13.2 Å². The number of para-hydroxylation sites is 1. The van der Waals surface area contributed by atoms with Crippen LogP contribution in [0.2, 0.25) is 0 Å². The van der Waals surface area contributed by atoms with Gasteiger partial charge in [-0.25, -0.2) is 4.99 Å². The Balaban J connectivity index is 0.00000338. The fourth-order valence-corrected chi connectivity index (χ4v) is 2.68. The smallest absolute Gasteiger partial charge is 0.422 e. The number of halogens is 4. The van der Waals surface area contributed by atoms with Gasteiger partial charge in [0.2, 0.25) is 0 Å². The maximum Gasteiger partial charge on any atom is 0.422 e.